The van der Waals surface area contributed by atoms with Crippen molar-refractivity contribution in [2.45, 2.75) is 31.6 Å². The third kappa shape index (κ3) is 7.01. The standard InChI is InChI=1S/C27H29N3O9S2/c1-17-24(39-15-23(31)32)26(27(33)38-2)40-25(17)18-7-5-8-21(14-18)28-20-10-12-29(13-11-20)41(36,37)16-19-6-3-4-9-22(19)30(34)35/h3-9,14,20,28H,10-13,15-16H2,1-2H3,(H,31,32). The van der Waals surface area contributed by atoms with E-state index in [0.29, 0.717) is 18.4 Å². The molecule has 218 valence electrons. The minimum absolute atomic E-state index is 0.00714. The Labute approximate surface area is 240 Å². The molecular formula is C27H29N3O9S2. The Bertz CT molecular complexity index is 1560. The molecule has 0 aliphatic carbocycles. The second-order valence-corrected chi connectivity index (χ2v) is 12.4. The molecule has 0 bridgehead atoms. The minimum Gasteiger partial charge on any atom is -0.480 e. The van der Waals surface area contributed by atoms with Gasteiger partial charge in [0.2, 0.25) is 10.0 Å². The minimum atomic E-state index is -3.74. The lowest BCUT2D eigenvalue weighted by Gasteiger charge is -2.32. The molecule has 1 saturated heterocycles. The molecule has 3 aromatic rings. The number of hydrogen-bond acceptors (Lipinski definition) is 10. The van der Waals surface area contributed by atoms with Gasteiger partial charge in [0.25, 0.3) is 5.69 Å². The zero-order chi connectivity index (χ0) is 29.7. The van der Waals surface area contributed by atoms with E-state index in [0.717, 1.165) is 27.5 Å². The topological polar surface area (TPSA) is 165 Å². The molecule has 0 unspecified atom stereocenters. The number of rotatable bonds is 11. The van der Waals surface area contributed by atoms with E-state index in [1.807, 2.05) is 24.3 Å². The quantitative estimate of drug-likeness (QED) is 0.183. The molecule has 1 aliphatic heterocycles. The van der Waals surface area contributed by atoms with Gasteiger partial charge in [0.15, 0.2) is 11.5 Å². The number of nitrogens with zero attached hydrogens (tertiary/aromatic N) is 2. The maximum absolute atomic E-state index is 13.0. The smallest absolute Gasteiger partial charge is 0.351 e. The van der Waals surface area contributed by atoms with Crippen LogP contribution in [0.1, 0.15) is 33.6 Å². The lowest BCUT2D eigenvalue weighted by molar-refractivity contribution is -0.385. The summed E-state index contributed by atoms with van der Waals surface area (Å²) in [6.07, 6.45) is 1.08. The van der Waals surface area contributed by atoms with Gasteiger partial charge in [-0.05, 0) is 37.5 Å². The fraction of sp³-hybridized carbons (Fsp3) is 0.333. The number of anilines is 1. The van der Waals surface area contributed by atoms with Crippen LogP contribution in [0.2, 0.25) is 0 Å². The maximum atomic E-state index is 13.0. The van der Waals surface area contributed by atoms with Crippen LogP contribution < -0.4 is 10.1 Å². The molecule has 1 aromatic heterocycles. The van der Waals surface area contributed by atoms with Crippen molar-refractivity contribution < 1.29 is 37.5 Å². The number of methoxy groups -OCH3 is 1. The van der Waals surface area contributed by atoms with Crippen LogP contribution >= 0.6 is 11.3 Å². The van der Waals surface area contributed by atoms with Gasteiger partial charge in [-0.1, -0.05) is 30.3 Å². The summed E-state index contributed by atoms with van der Waals surface area (Å²) in [4.78, 5) is 35.0. The molecular weight excluding hydrogens is 574 g/mol. The number of esters is 1. The van der Waals surface area contributed by atoms with Crippen LogP contribution in [0.25, 0.3) is 10.4 Å². The summed E-state index contributed by atoms with van der Waals surface area (Å²) in [5.41, 5.74) is 2.14. The molecule has 4 rings (SSSR count). The number of aliphatic carboxylic acids is 1. The van der Waals surface area contributed by atoms with Crippen LogP contribution in [0.5, 0.6) is 5.75 Å². The Morgan fingerprint density at radius 3 is 2.54 bits per heavy atom. The van der Waals surface area contributed by atoms with Crippen molar-refractivity contribution in [3.8, 4) is 16.2 Å². The summed E-state index contributed by atoms with van der Waals surface area (Å²) in [6, 6.07) is 13.3. The molecule has 2 heterocycles. The van der Waals surface area contributed by atoms with Crippen molar-refractivity contribution in [3.63, 3.8) is 0 Å². The number of carboxylic acids is 1. The number of piperidine rings is 1. The second kappa shape index (κ2) is 12.7. The van der Waals surface area contributed by atoms with E-state index in [9.17, 15) is 28.1 Å². The SMILES string of the molecule is COC(=O)c1sc(-c2cccc(NC3CCN(S(=O)(=O)Cc4ccccc4[N+](=O)[O-])CC3)c2)c(C)c1OCC(=O)O. The largest absolute Gasteiger partial charge is 0.480 e. The number of ether oxygens (including phenoxy) is 2. The lowest BCUT2D eigenvalue weighted by Crippen LogP contribution is -2.42. The highest BCUT2D eigenvalue weighted by Gasteiger charge is 2.30. The predicted octanol–water partition coefficient (Wildman–Crippen LogP) is 4.29. The van der Waals surface area contributed by atoms with Crippen molar-refractivity contribution in [1.29, 1.82) is 0 Å². The van der Waals surface area contributed by atoms with Gasteiger partial charge in [-0.25, -0.2) is 22.3 Å². The van der Waals surface area contributed by atoms with Crippen molar-refractivity contribution in [1.82, 2.24) is 4.31 Å². The first-order chi connectivity index (χ1) is 19.5. The Kier molecular flexibility index (Phi) is 9.25. The summed E-state index contributed by atoms with van der Waals surface area (Å²) < 4.78 is 37.7. The van der Waals surface area contributed by atoms with Crippen molar-refractivity contribution in [2.75, 3.05) is 32.1 Å². The molecule has 1 aliphatic rings. The average Bonchev–Trinajstić information content (AvgIpc) is 3.27. The van der Waals surface area contributed by atoms with Gasteiger partial charge in [0, 0.05) is 46.9 Å². The first-order valence-corrected chi connectivity index (χ1v) is 15.1. The predicted molar refractivity (Wildman–Crippen MR) is 153 cm³/mol. The number of benzene rings is 2. The Hall–Kier alpha value is -4.01. The van der Waals surface area contributed by atoms with Gasteiger partial charge in [-0.15, -0.1) is 11.3 Å². The molecule has 0 atom stereocenters. The van der Waals surface area contributed by atoms with Crippen molar-refractivity contribution >= 4 is 44.7 Å². The van der Waals surface area contributed by atoms with Gasteiger partial charge in [-0.2, -0.15) is 0 Å². The number of carbonyl (C=O) groups excluding carboxylic acids is 1. The van der Waals surface area contributed by atoms with E-state index in [4.69, 9.17) is 14.6 Å². The Morgan fingerprint density at radius 1 is 1.17 bits per heavy atom. The molecule has 12 nitrogen and oxygen atoms in total. The molecule has 0 saturated carbocycles. The Morgan fingerprint density at radius 2 is 1.88 bits per heavy atom. The number of sulfonamides is 1. The van der Waals surface area contributed by atoms with Gasteiger partial charge in [-0.3, -0.25) is 10.1 Å². The van der Waals surface area contributed by atoms with Crippen LogP contribution in [0.15, 0.2) is 48.5 Å². The molecule has 2 N–H and O–H groups in total. The monoisotopic (exact) mass is 603 g/mol. The highest BCUT2D eigenvalue weighted by atomic mass is 32.2. The zero-order valence-electron chi connectivity index (χ0n) is 22.4. The summed E-state index contributed by atoms with van der Waals surface area (Å²) in [7, 11) is -2.50. The van der Waals surface area contributed by atoms with Gasteiger partial charge in [0.1, 0.15) is 5.75 Å². The summed E-state index contributed by atoms with van der Waals surface area (Å²) in [6.45, 7) is 1.70. The van der Waals surface area contributed by atoms with Crippen LogP contribution in [-0.2, 0) is 25.3 Å². The van der Waals surface area contributed by atoms with E-state index < -0.39 is 39.2 Å². The second-order valence-electron chi connectivity index (χ2n) is 9.43. The summed E-state index contributed by atoms with van der Waals surface area (Å²) >= 11 is 1.15. The van der Waals surface area contributed by atoms with Crippen molar-refractivity contribution in [2.24, 2.45) is 0 Å². The molecule has 0 spiro atoms. The fourth-order valence-corrected chi connectivity index (χ4v) is 7.42. The molecule has 14 heteroatoms. The van der Waals surface area contributed by atoms with E-state index in [1.54, 1.807) is 13.0 Å². The van der Waals surface area contributed by atoms with Crippen molar-refractivity contribution in [3.05, 3.63) is 74.6 Å². The van der Waals surface area contributed by atoms with E-state index in [1.165, 1.54) is 29.6 Å². The number of carboxylic acid groups (broad SMARTS) is 1. The van der Waals surface area contributed by atoms with E-state index >= 15 is 0 Å². The summed E-state index contributed by atoms with van der Waals surface area (Å²) in [5, 5.41) is 23.8. The lowest BCUT2D eigenvalue weighted by atomic mass is 10.0. The van der Waals surface area contributed by atoms with Crippen LogP contribution in [-0.4, -0.2) is 67.5 Å². The maximum Gasteiger partial charge on any atom is 0.351 e. The number of nitro benzene ring substituents is 1. The number of para-hydroxylation sites is 1. The first-order valence-electron chi connectivity index (χ1n) is 12.6. The first kappa shape index (κ1) is 30.0. The Balaban J connectivity index is 1.44. The number of nitrogens with one attached hydrogen (secondary N) is 1. The van der Waals surface area contributed by atoms with E-state index in [2.05, 4.69) is 5.32 Å². The number of hydrogen-bond donors (Lipinski definition) is 2. The zero-order valence-corrected chi connectivity index (χ0v) is 24.0. The normalized spacial score (nSPS) is 14.4. The van der Waals surface area contributed by atoms with Crippen LogP contribution in [0, 0.1) is 17.0 Å². The average molecular weight is 604 g/mol. The third-order valence-corrected chi connectivity index (χ3v) is 9.80. The number of nitro groups is 1. The van der Waals surface area contributed by atoms with Crippen LogP contribution in [0.4, 0.5) is 11.4 Å². The van der Waals surface area contributed by atoms with E-state index in [-0.39, 0.29) is 41.0 Å². The molecule has 0 amide bonds. The number of thiophene rings is 1. The fourth-order valence-electron chi connectivity index (χ4n) is 4.67. The highest BCUT2D eigenvalue weighted by molar-refractivity contribution is 7.88. The van der Waals surface area contributed by atoms with Gasteiger partial charge < -0.3 is 19.9 Å². The summed E-state index contributed by atoms with van der Waals surface area (Å²) in [5.74, 6) is -2.05. The molecule has 1 fully saturated rings. The molecule has 41 heavy (non-hydrogen) atoms. The van der Waals surface area contributed by atoms with Crippen LogP contribution in [0.3, 0.4) is 0 Å². The van der Waals surface area contributed by atoms with Gasteiger partial charge >= 0.3 is 11.9 Å². The molecule has 0 radical (unpaired) electrons. The van der Waals surface area contributed by atoms with Gasteiger partial charge in [0.05, 0.1) is 17.8 Å². The number of carbonyl (C=O) groups is 2. The highest BCUT2D eigenvalue weighted by Crippen LogP contribution is 2.42. The third-order valence-electron chi connectivity index (χ3n) is 6.67. The molecule has 2 aromatic carbocycles.